The first-order valence-corrected chi connectivity index (χ1v) is 7.64. The molecule has 4 heteroatoms. The van der Waals surface area contributed by atoms with Gasteiger partial charge in [0, 0.05) is 4.47 Å². The van der Waals surface area contributed by atoms with Crippen LogP contribution < -0.4 is 11.1 Å². The van der Waals surface area contributed by atoms with E-state index in [1.54, 1.807) is 0 Å². The summed E-state index contributed by atoms with van der Waals surface area (Å²) in [6, 6.07) is 14.8. The van der Waals surface area contributed by atoms with Crippen LogP contribution >= 0.6 is 15.9 Å². The molecule has 2 aromatic rings. The molecule has 110 valence electrons. The van der Waals surface area contributed by atoms with Crippen LogP contribution in [0.15, 0.2) is 53.0 Å². The van der Waals surface area contributed by atoms with Crippen LogP contribution in [0.4, 0.5) is 0 Å². The van der Waals surface area contributed by atoms with E-state index in [4.69, 9.17) is 5.73 Å². The van der Waals surface area contributed by atoms with Crippen molar-refractivity contribution in [2.45, 2.75) is 25.9 Å². The molecule has 2 rings (SSSR count). The minimum Gasteiger partial charge on any atom is -0.348 e. The summed E-state index contributed by atoms with van der Waals surface area (Å²) in [4.78, 5) is 12.2. The third kappa shape index (κ3) is 4.16. The highest BCUT2D eigenvalue weighted by molar-refractivity contribution is 9.10. The summed E-state index contributed by atoms with van der Waals surface area (Å²) in [7, 11) is 0. The fourth-order valence-corrected chi connectivity index (χ4v) is 2.33. The van der Waals surface area contributed by atoms with Crippen LogP contribution in [0.2, 0.25) is 0 Å². The topological polar surface area (TPSA) is 55.1 Å². The molecule has 0 fully saturated rings. The van der Waals surface area contributed by atoms with Crippen molar-refractivity contribution in [2.24, 2.45) is 5.73 Å². The fourth-order valence-electron chi connectivity index (χ4n) is 2.06. The molecule has 2 atom stereocenters. The maximum absolute atomic E-state index is 12.2. The summed E-state index contributed by atoms with van der Waals surface area (Å²) in [5.74, 6) is -0.172. The minimum absolute atomic E-state index is 0.0814. The second kappa shape index (κ2) is 6.87. The van der Waals surface area contributed by atoms with Crippen LogP contribution in [0.3, 0.4) is 0 Å². The first-order chi connectivity index (χ1) is 9.97. The van der Waals surface area contributed by atoms with E-state index in [0.29, 0.717) is 0 Å². The molecule has 0 radical (unpaired) electrons. The van der Waals surface area contributed by atoms with Crippen LogP contribution in [0.5, 0.6) is 0 Å². The standard InChI is InChI=1S/C17H19BrN2O/c1-11-3-5-14(6-4-11)16(19)17(21)20-12(2)13-7-9-15(18)10-8-13/h3-10,12,16H,19H2,1-2H3,(H,20,21)/t12-,16?/m1/s1. The van der Waals surface area contributed by atoms with Crippen molar-refractivity contribution >= 4 is 21.8 Å². The smallest absolute Gasteiger partial charge is 0.241 e. The lowest BCUT2D eigenvalue weighted by atomic mass is 10.0. The highest BCUT2D eigenvalue weighted by atomic mass is 79.9. The maximum atomic E-state index is 12.2. The van der Waals surface area contributed by atoms with Crippen molar-refractivity contribution in [3.63, 3.8) is 0 Å². The van der Waals surface area contributed by atoms with E-state index in [1.165, 1.54) is 0 Å². The monoisotopic (exact) mass is 346 g/mol. The molecule has 21 heavy (non-hydrogen) atoms. The van der Waals surface area contributed by atoms with E-state index < -0.39 is 6.04 Å². The van der Waals surface area contributed by atoms with Crippen LogP contribution in [0.25, 0.3) is 0 Å². The molecule has 2 aromatic carbocycles. The van der Waals surface area contributed by atoms with Gasteiger partial charge in [-0.3, -0.25) is 4.79 Å². The van der Waals surface area contributed by atoms with E-state index in [-0.39, 0.29) is 11.9 Å². The Balaban J connectivity index is 2.03. The quantitative estimate of drug-likeness (QED) is 0.887. The van der Waals surface area contributed by atoms with Crippen LogP contribution in [-0.2, 0) is 4.79 Å². The summed E-state index contributed by atoms with van der Waals surface area (Å²) in [5.41, 5.74) is 9.03. The predicted molar refractivity (Wildman–Crippen MR) is 88.8 cm³/mol. The molecule has 1 unspecified atom stereocenters. The molecule has 0 heterocycles. The summed E-state index contributed by atoms with van der Waals surface area (Å²) < 4.78 is 1.01. The van der Waals surface area contributed by atoms with Crippen molar-refractivity contribution < 1.29 is 4.79 Å². The van der Waals surface area contributed by atoms with Crippen molar-refractivity contribution in [3.8, 4) is 0 Å². The number of amides is 1. The molecule has 1 amide bonds. The average Bonchev–Trinajstić information content (AvgIpc) is 2.47. The Morgan fingerprint density at radius 2 is 1.57 bits per heavy atom. The number of carbonyl (C=O) groups excluding carboxylic acids is 1. The Morgan fingerprint density at radius 1 is 1.05 bits per heavy atom. The van der Waals surface area contributed by atoms with Gasteiger partial charge in [0.05, 0.1) is 6.04 Å². The van der Waals surface area contributed by atoms with Gasteiger partial charge >= 0.3 is 0 Å². The Morgan fingerprint density at radius 3 is 2.14 bits per heavy atom. The Labute approximate surface area is 133 Å². The zero-order valence-electron chi connectivity index (χ0n) is 12.1. The largest absolute Gasteiger partial charge is 0.348 e. The Bertz CT molecular complexity index is 608. The molecule has 0 aliphatic rings. The number of hydrogen-bond acceptors (Lipinski definition) is 2. The predicted octanol–water partition coefficient (Wildman–Crippen LogP) is 3.63. The van der Waals surface area contributed by atoms with Gasteiger partial charge in [0.15, 0.2) is 0 Å². The minimum atomic E-state index is -0.650. The van der Waals surface area contributed by atoms with Gasteiger partial charge in [0.1, 0.15) is 6.04 Å². The average molecular weight is 347 g/mol. The molecule has 0 aromatic heterocycles. The number of halogens is 1. The van der Waals surface area contributed by atoms with Gasteiger partial charge in [-0.25, -0.2) is 0 Å². The molecule has 3 N–H and O–H groups in total. The van der Waals surface area contributed by atoms with Crippen molar-refractivity contribution in [3.05, 3.63) is 69.7 Å². The number of nitrogens with one attached hydrogen (secondary N) is 1. The van der Waals surface area contributed by atoms with Crippen molar-refractivity contribution in [1.29, 1.82) is 0 Å². The second-order valence-electron chi connectivity index (χ2n) is 5.17. The van der Waals surface area contributed by atoms with Crippen LogP contribution in [0, 0.1) is 6.92 Å². The molecule has 3 nitrogen and oxygen atoms in total. The second-order valence-corrected chi connectivity index (χ2v) is 6.09. The number of rotatable bonds is 4. The Hall–Kier alpha value is -1.65. The molecular weight excluding hydrogens is 328 g/mol. The van der Waals surface area contributed by atoms with E-state index in [0.717, 1.165) is 21.2 Å². The maximum Gasteiger partial charge on any atom is 0.241 e. The third-order valence-corrected chi connectivity index (χ3v) is 3.98. The van der Waals surface area contributed by atoms with Gasteiger partial charge in [-0.05, 0) is 37.1 Å². The van der Waals surface area contributed by atoms with Gasteiger partial charge in [0.2, 0.25) is 5.91 Å². The SMILES string of the molecule is Cc1ccc(C(N)C(=O)N[C@H](C)c2ccc(Br)cc2)cc1. The van der Waals surface area contributed by atoms with E-state index >= 15 is 0 Å². The van der Waals surface area contributed by atoms with E-state index in [1.807, 2.05) is 62.4 Å². The summed E-state index contributed by atoms with van der Waals surface area (Å²) in [6.07, 6.45) is 0. The normalized spacial score (nSPS) is 13.5. The first-order valence-electron chi connectivity index (χ1n) is 6.85. The summed E-state index contributed by atoms with van der Waals surface area (Å²) >= 11 is 3.40. The van der Waals surface area contributed by atoms with Gasteiger partial charge in [-0.1, -0.05) is 57.9 Å². The fraction of sp³-hybridized carbons (Fsp3) is 0.235. The lowest BCUT2D eigenvalue weighted by Crippen LogP contribution is -2.35. The lowest BCUT2D eigenvalue weighted by molar-refractivity contribution is -0.123. The van der Waals surface area contributed by atoms with Crippen LogP contribution in [0.1, 0.15) is 35.7 Å². The number of aryl methyl sites for hydroxylation is 1. The Kier molecular flexibility index (Phi) is 5.15. The summed E-state index contributed by atoms with van der Waals surface area (Å²) in [5, 5.41) is 2.95. The van der Waals surface area contributed by atoms with Gasteiger partial charge in [-0.15, -0.1) is 0 Å². The summed E-state index contributed by atoms with van der Waals surface area (Å²) in [6.45, 7) is 3.95. The molecule has 0 aliphatic heterocycles. The van der Waals surface area contributed by atoms with E-state index in [2.05, 4.69) is 21.2 Å². The molecule has 0 bridgehead atoms. The number of benzene rings is 2. The molecular formula is C17H19BrN2O. The van der Waals surface area contributed by atoms with Gasteiger partial charge in [-0.2, -0.15) is 0 Å². The first kappa shape index (κ1) is 15.7. The van der Waals surface area contributed by atoms with Crippen molar-refractivity contribution in [2.75, 3.05) is 0 Å². The molecule has 0 saturated heterocycles. The third-order valence-electron chi connectivity index (χ3n) is 3.45. The lowest BCUT2D eigenvalue weighted by Gasteiger charge is -2.18. The zero-order chi connectivity index (χ0) is 15.4. The number of nitrogens with two attached hydrogens (primary N) is 1. The highest BCUT2D eigenvalue weighted by Gasteiger charge is 2.18. The van der Waals surface area contributed by atoms with Gasteiger partial charge in [0.25, 0.3) is 0 Å². The van der Waals surface area contributed by atoms with Crippen molar-refractivity contribution in [1.82, 2.24) is 5.32 Å². The van der Waals surface area contributed by atoms with E-state index in [9.17, 15) is 4.79 Å². The highest BCUT2D eigenvalue weighted by Crippen LogP contribution is 2.18. The molecule has 0 aliphatic carbocycles. The number of hydrogen-bond donors (Lipinski definition) is 2. The zero-order valence-corrected chi connectivity index (χ0v) is 13.7. The van der Waals surface area contributed by atoms with Gasteiger partial charge < -0.3 is 11.1 Å². The number of carbonyl (C=O) groups is 1. The van der Waals surface area contributed by atoms with Crippen LogP contribution in [-0.4, -0.2) is 5.91 Å². The molecule has 0 saturated carbocycles. The molecule has 0 spiro atoms.